The maximum absolute atomic E-state index is 2.79. The molecule has 0 aliphatic heterocycles. The van der Waals surface area contributed by atoms with Gasteiger partial charge in [-0.15, -0.1) is 0 Å². The van der Waals surface area contributed by atoms with Crippen molar-refractivity contribution in [1.29, 1.82) is 0 Å². The van der Waals surface area contributed by atoms with Gasteiger partial charge < -0.3 is 0 Å². The van der Waals surface area contributed by atoms with Crippen molar-refractivity contribution in [2.75, 3.05) is 0 Å². The number of hydrogen-bond donors (Lipinski definition) is 0. The van der Waals surface area contributed by atoms with Crippen LogP contribution in [0.1, 0.15) is 77.0 Å². The summed E-state index contributed by atoms with van der Waals surface area (Å²) in [6.45, 7) is 0. The lowest BCUT2D eigenvalue weighted by Crippen LogP contribution is -2.36. The van der Waals surface area contributed by atoms with Crippen LogP contribution in [0.25, 0.3) is 0 Å². The molecule has 0 amide bonds. The summed E-state index contributed by atoms with van der Waals surface area (Å²) < 4.78 is 0. The molecule has 0 aromatic heterocycles. The largest absolute Gasteiger partial charge is 0.0923 e. The normalized spacial score (nSPS) is 39.7. The molecule has 0 N–H and O–H groups in total. The van der Waals surface area contributed by atoms with Crippen molar-refractivity contribution in [2.45, 2.75) is 94.0 Å². The zero-order chi connectivity index (χ0) is 27.2. The minimum absolute atomic E-state index is 0.0118. The quantitative estimate of drug-likeness (QED) is 0.233. The van der Waals surface area contributed by atoms with Gasteiger partial charge in [0.15, 0.2) is 0 Å². The van der Waals surface area contributed by atoms with Gasteiger partial charge in [-0.1, -0.05) is 99.1 Å². The average Bonchev–Trinajstić information content (AvgIpc) is 3.05. The van der Waals surface area contributed by atoms with Crippen molar-refractivity contribution < 1.29 is 0 Å². The van der Waals surface area contributed by atoms with Crippen LogP contribution < -0.4 is 0 Å². The Morgan fingerprint density at radius 3 is 2.05 bits per heavy atom. The summed E-state index contributed by atoms with van der Waals surface area (Å²) >= 11 is 0. The third-order valence-corrected chi connectivity index (χ3v) is 15.5. The molecule has 0 saturated heterocycles. The molecular weight excluding hydrogens is 511 g/mol. The van der Waals surface area contributed by atoms with Gasteiger partial charge in [-0.3, -0.25) is 0 Å². The van der Waals surface area contributed by atoms with E-state index in [0.29, 0.717) is 17.8 Å². The van der Waals surface area contributed by atoms with Crippen LogP contribution in [0.15, 0.2) is 119 Å². The number of rotatable bonds is 5. The molecule has 41 heavy (non-hydrogen) atoms. The molecule has 0 fully saturated rings. The molecule has 8 atom stereocenters. The first kappa shape index (κ1) is 26.5. The molecule has 0 spiro atoms. The molecule has 0 saturated carbocycles. The molecule has 0 nitrogen and oxygen atoms in total. The van der Waals surface area contributed by atoms with Crippen molar-refractivity contribution in [3.8, 4) is 0 Å². The van der Waals surface area contributed by atoms with E-state index in [1.165, 1.54) is 77.0 Å². The van der Waals surface area contributed by atoms with Crippen molar-refractivity contribution in [1.82, 2.24) is 0 Å². The van der Waals surface area contributed by atoms with Crippen LogP contribution in [0, 0.1) is 29.6 Å². The van der Waals surface area contributed by atoms with Gasteiger partial charge in [0, 0.05) is 23.4 Å². The van der Waals surface area contributed by atoms with E-state index >= 15 is 0 Å². The third-order valence-electron chi connectivity index (χ3n) is 11.7. The molecule has 0 heterocycles. The maximum atomic E-state index is 2.79. The molecule has 0 bridgehead atoms. The fourth-order valence-corrected chi connectivity index (χ4v) is 13.8. The summed E-state index contributed by atoms with van der Waals surface area (Å²) in [5, 5.41) is 0. The first-order valence-corrected chi connectivity index (χ1v) is 18.5. The first-order valence-electron chi connectivity index (χ1n) is 17.0. The van der Waals surface area contributed by atoms with Gasteiger partial charge in [-0.05, 0) is 128 Å². The van der Waals surface area contributed by atoms with Crippen molar-refractivity contribution >= 4 is 7.92 Å². The molecule has 1 heteroatoms. The van der Waals surface area contributed by atoms with Crippen molar-refractivity contribution in [3.63, 3.8) is 0 Å². The summed E-state index contributed by atoms with van der Waals surface area (Å²) in [5.74, 6) is 3.36. The standard InChI is InChI=1S/C40H47P/c1-3-12-34(13-4-1)41(35-14-5-2-6-15-35)36-16-8-11-33(27-36)28-17-19-29(20-18-28)37-25-23-32-22-21-30-9-7-10-31-24-26-38(37)40(32)39(30)31/h1-3,5,8,10-11,17,19,22-30,34-36,39-40H,4,6-7,9,12-16,18,20-21H2. The smallest absolute Gasteiger partial charge is 0.0160 e. The van der Waals surface area contributed by atoms with E-state index in [-0.39, 0.29) is 7.92 Å². The Bertz CT molecular complexity index is 1330. The minimum Gasteiger partial charge on any atom is -0.0923 e. The van der Waals surface area contributed by atoms with E-state index < -0.39 is 0 Å². The van der Waals surface area contributed by atoms with Crippen LogP contribution in [0.2, 0.25) is 0 Å². The fraction of sp³-hybridized carbons (Fsp3) is 0.500. The number of allylic oxidation sites excluding steroid dienone is 20. The second-order valence-corrected chi connectivity index (χ2v) is 17.0. The molecule has 8 unspecified atom stereocenters. The Kier molecular flexibility index (Phi) is 7.41. The highest BCUT2D eigenvalue weighted by atomic mass is 31.1. The van der Waals surface area contributed by atoms with Gasteiger partial charge >= 0.3 is 0 Å². The van der Waals surface area contributed by atoms with Gasteiger partial charge in [-0.2, -0.15) is 0 Å². The second-order valence-electron chi connectivity index (χ2n) is 13.9. The SMILES string of the molecule is C1=CCC(P(C2C=C(C3C=CC(C4=C5C=CC6=CCCC7CC=C(C=C4)C5C67)CC3)C=CC2)C2CC=CCC2)CC1. The third kappa shape index (κ3) is 4.97. The first-order chi connectivity index (χ1) is 20.3. The van der Waals surface area contributed by atoms with Gasteiger partial charge in [0.2, 0.25) is 0 Å². The Labute approximate surface area is 250 Å². The second kappa shape index (κ2) is 11.5. The van der Waals surface area contributed by atoms with E-state index in [9.17, 15) is 0 Å². The number of hydrogen-bond acceptors (Lipinski definition) is 0. The van der Waals surface area contributed by atoms with Gasteiger partial charge in [0.25, 0.3) is 0 Å². The average molecular weight is 559 g/mol. The lowest BCUT2D eigenvalue weighted by atomic mass is 9.58. The van der Waals surface area contributed by atoms with Crippen LogP contribution in [0.4, 0.5) is 0 Å². The Balaban J connectivity index is 1.04. The Morgan fingerprint density at radius 2 is 1.29 bits per heavy atom. The predicted octanol–water partition coefficient (Wildman–Crippen LogP) is 10.9. The molecular formula is C40H47P. The zero-order valence-electron chi connectivity index (χ0n) is 24.7. The monoisotopic (exact) mass is 558 g/mol. The zero-order valence-corrected chi connectivity index (χ0v) is 25.6. The summed E-state index contributed by atoms with van der Waals surface area (Å²) in [4.78, 5) is 0. The van der Waals surface area contributed by atoms with E-state index in [0.717, 1.165) is 28.8 Å². The van der Waals surface area contributed by atoms with Gasteiger partial charge in [0.05, 0.1) is 0 Å². The summed E-state index contributed by atoms with van der Waals surface area (Å²) in [5.41, 5.74) is 10.8. The highest BCUT2D eigenvalue weighted by Gasteiger charge is 2.43. The highest BCUT2D eigenvalue weighted by molar-refractivity contribution is 7.60. The van der Waals surface area contributed by atoms with Crippen LogP contribution >= 0.6 is 7.92 Å². The highest BCUT2D eigenvalue weighted by Crippen LogP contribution is 2.60. The van der Waals surface area contributed by atoms with Crippen molar-refractivity contribution in [2.24, 2.45) is 29.6 Å². The fourth-order valence-electron chi connectivity index (χ4n) is 9.75. The van der Waals surface area contributed by atoms with E-state index in [4.69, 9.17) is 0 Å². The topological polar surface area (TPSA) is 0 Å². The van der Waals surface area contributed by atoms with Crippen LogP contribution in [-0.4, -0.2) is 17.0 Å². The summed E-state index contributed by atoms with van der Waals surface area (Å²) in [6, 6.07) is 0. The molecule has 8 aliphatic carbocycles. The van der Waals surface area contributed by atoms with E-state index in [1.54, 1.807) is 27.9 Å². The predicted molar refractivity (Wildman–Crippen MR) is 177 cm³/mol. The summed E-state index contributed by atoms with van der Waals surface area (Å²) in [7, 11) is 0.0118. The molecule has 8 rings (SSSR count). The Hall–Kier alpha value is -2.17. The molecule has 0 radical (unpaired) electrons. The molecule has 0 aromatic carbocycles. The molecule has 212 valence electrons. The lowest BCUT2D eigenvalue weighted by molar-refractivity contribution is 0.277. The van der Waals surface area contributed by atoms with E-state index in [2.05, 4.69) is 91.1 Å². The Morgan fingerprint density at radius 1 is 0.537 bits per heavy atom. The van der Waals surface area contributed by atoms with E-state index in [1.807, 2.05) is 0 Å². The molecule has 8 aliphatic rings. The van der Waals surface area contributed by atoms with Crippen molar-refractivity contribution in [3.05, 3.63) is 119 Å². The summed E-state index contributed by atoms with van der Waals surface area (Å²) in [6.07, 6.45) is 53.9. The van der Waals surface area contributed by atoms with Crippen LogP contribution in [-0.2, 0) is 0 Å². The maximum Gasteiger partial charge on any atom is 0.0160 e. The van der Waals surface area contributed by atoms with Gasteiger partial charge in [0.1, 0.15) is 0 Å². The minimum atomic E-state index is 0.0118. The van der Waals surface area contributed by atoms with Gasteiger partial charge in [-0.25, -0.2) is 0 Å². The molecule has 0 aromatic rings. The van der Waals surface area contributed by atoms with Crippen LogP contribution in [0.5, 0.6) is 0 Å². The van der Waals surface area contributed by atoms with Crippen LogP contribution in [0.3, 0.4) is 0 Å². The lowest BCUT2D eigenvalue weighted by Gasteiger charge is -2.46.